The van der Waals surface area contributed by atoms with E-state index in [9.17, 15) is 17.8 Å². The lowest BCUT2D eigenvalue weighted by atomic mass is 9.70. The molecule has 4 aromatic rings. The van der Waals surface area contributed by atoms with Gasteiger partial charge in [0.1, 0.15) is 26.3 Å². The first-order valence-electron chi connectivity index (χ1n) is 13.7. The number of rotatable bonds is 6. The van der Waals surface area contributed by atoms with Gasteiger partial charge in [0, 0.05) is 10.3 Å². The molecule has 2 aliphatic carbocycles. The maximum absolute atomic E-state index is 12.0. The monoisotopic (exact) mass is 602 g/mol. The molecule has 41 heavy (non-hydrogen) atoms. The molecular weight excluding hydrogens is 569 g/mol. The van der Waals surface area contributed by atoms with E-state index in [1.54, 1.807) is 6.92 Å². The molecule has 4 nitrogen and oxygen atoms in total. The number of hydrogen-bond acceptors (Lipinski definition) is 5. The summed E-state index contributed by atoms with van der Waals surface area (Å²) >= 11 is 1.84. The summed E-state index contributed by atoms with van der Waals surface area (Å²) in [4.78, 5) is 18.6. The van der Waals surface area contributed by atoms with E-state index in [0.717, 1.165) is 0 Å². The van der Waals surface area contributed by atoms with Gasteiger partial charge in [-0.15, -0.1) is 0 Å². The van der Waals surface area contributed by atoms with Crippen LogP contribution in [0.25, 0.3) is 0 Å². The number of carbonyl (C=O) groups is 1. The minimum atomic E-state index is -4.49. The van der Waals surface area contributed by atoms with Gasteiger partial charge in [0.05, 0.1) is 4.90 Å². The first-order chi connectivity index (χ1) is 19.5. The Bertz CT molecular complexity index is 1570. The second kappa shape index (κ2) is 11.8. The van der Waals surface area contributed by atoms with Gasteiger partial charge in [-0.1, -0.05) is 99.3 Å². The fraction of sp³-hybridized carbons (Fsp3) is 0.265. The van der Waals surface area contributed by atoms with Crippen LogP contribution in [0.1, 0.15) is 33.6 Å². The van der Waals surface area contributed by atoms with E-state index in [0.29, 0.717) is 12.8 Å². The number of ketones is 1. The summed E-state index contributed by atoms with van der Waals surface area (Å²) in [5.41, 5.74) is -0.994. The predicted molar refractivity (Wildman–Crippen MR) is 165 cm³/mol. The highest BCUT2D eigenvalue weighted by Crippen LogP contribution is 2.64. The van der Waals surface area contributed by atoms with Gasteiger partial charge in [-0.3, -0.25) is 4.79 Å². The maximum atomic E-state index is 12.0. The van der Waals surface area contributed by atoms with Crippen LogP contribution in [0.5, 0.6) is 0 Å². The van der Waals surface area contributed by atoms with Gasteiger partial charge >= 0.3 is 0 Å². The molecule has 3 unspecified atom stereocenters. The lowest BCUT2D eigenvalue weighted by Gasteiger charge is -2.32. The summed E-state index contributed by atoms with van der Waals surface area (Å²) in [5, 5.41) is -1.30. The third kappa shape index (κ3) is 5.78. The zero-order chi connectivity index (χ0) is 29.3. The molecule has 212 valence electrons. The number of fused-ring (bicyclic) bond motifs is 2. The average molecular weight is 603 g/mol. The molecule has 7 heteroatoms. The topological polar surface area (TPSA) is 74.3 Å². The zero-order valence-corrected chi connectivity index (χ0v) is 25.8. The van der Waals surface area contributed by atoms with Crippen molar-refractivity contribution in [1.82, 2.24) is 0 Å². The standard InChI is InChI=1S/C24H19S2.C10H16O4S/c1-4-12-20(13-5-1)25-23-18-10-11-19-24(23)26(21-14-6-2-7-15-21)22-16-8-3-9-17-22;1-9(2)6-4-5-10(9,3)8(11)7(6)15(12,13)14/h1-19H;6-7H,4-5H2,1-3H3,(H,12,13,14)/q+1;/p-1. The summed E-state index contributed by atoms with van der Waals surface area (Å²) in [5.74, 6) is -0.656. The van der Waals surface area contributed by atoms with Gasteiger partial charge in [0.15, 0.2) is 20.5 Å². The Hall–Kier alpha value is -2.84. The van der Waals surface area contributed by atoms with Gasteiger partial charge in [-0.25, -0.2) is 8.42 Å². The van der Waals surface area contributed by atoms with Crippen LogP contribution < -0.4 is 0 Å². The predicted octanol–water partition coefficient (Wildman–Crippen LogP) is 7.86. The third-order valence-corrected chi connectivity index (χ3v) is 13.4. The van der Waals surface area contributed by atoms with Gasteiger partial charge in [-0.05, 0) is 72.7 Å². The van der Waals surface area contributed by atoms with Crippen molar-refractivity contribution in [2.45, 2.75) is 63.3 Å². The molecule has 2 fully saturated rings. The molecule has 0 spiro atoms. The molecule has 0 amide bonds. The largest absolute Gasteiger partial charge is 0.747 e. The van der Waals surface area contributed by atoms with Crippen molar-refractivity contribution in [2.24, 2.45) is 16.7 Å². The third-order valence-electron chi connectivity index (χ3n) is 8.78. The molecule has 0 radical (unpaired) electrons. The van der Waals surface area contributed by atoms with E-state index >= 15 is 0 Å². The van der Waals surface area contributed by atoms with Gasteiger partial charge in [0.25, 0.3) is 0 Å². The van der Waals surface area contributed by atoms with E-state index in [1.807, 2.05) is 25.6 Å². The highest BCUT2D eigenvalue weighted by molar-refractivity contribution is 8.01. The first-order valence-corrected chi connectivity index (χ1v) is 17.2. The van der Waals surface area contributed by atoms with Gasteiger partial charge in [-0.2, -0.15) is 0 Å². The van der Waals surface area contributed by atoms with E-state index in [1.165, 1.54) is 24.5 Å². The SMILES string of the molecule is CC12CCC(C(S(=O)(=O)[O-])C1=O)C2(C)C.c1ccc(Sc2ccccc2[S+](c2ccccc2)c2ccccc2)cc1. The van der Waals surface area contributed by atoms with Crippen molar-refractivity contribution >= 4 is 38.6 Å². The van der Waals surface area contributed by atoms with Crippen LogP contribution in [0, 0.1) is 16.7 Å². The summed E-state index contributed by atoms with van der Waals surface area (Å²) in [6.07, 6.45) is 1.37. The van der Waals surface area contributed by atoms with E-state index in [2.05, 4.69) is 115 Å². The minimum absolute atomic E-state index is 0.121. The minimum Gasteiger partial charge on any atom is -0.747 e. The van der Waals surface area contributed by atoms with Crippen LogP contribution in [0.4, 0.5) is 0 Å². The van der Waals surface area contributed by atoms with Crippen molar-refractivity contribution in [2.75, 3.05) is 0 Å². The Morgan fingerprint density at radius 3 is 1.71 bits per heavy atom. The summed E-state index contributed by atoms with van der Waals surface area (Å²) < 4.78 is 33.3. The van der Waals surface area contributed by atoms with E-state index in [4.69, 9.17) is 0 Å². The molecule has 0 saturated heterocycles. The number of hydrogen-bond donors (Lipinski definition) is 0. The molecule has 0 aliphatic heterocycles. The second-order valence-electron chi connectivity index (χ2n) is 11.3. The van der Waals surface area contributed by atoms with Gasteiger partial charge < -0.3 is 4.55 Å². The molecule has 4 aromatic carbocycles. The lowest BCUT2D eigenvalue weighted by molar-refractivity contribution is -0.128. The van der Waals surface area contributed by atoms with Gasteiger partial charge in [0.2, 0.25) is 0 Å². The van der Waals surface area contributed by atoms with E-state index in [-0.39, 0.29) is 28.0 Å². The maximum Gasteiger partial charge on any atom is 0.180 e. The van der Waals surface area contributed by atoms with Crippen LogP contribution in [0.15, 0.2) is 140 Å². The molecule has 2 saturated carbocycles. The number of Topliss-reactive ketones (excluding diaryl/α,β-unsaturated/α-hetero) is 1. The average Bonchev–Trinajstić information content (AvgIpc) is 3.28. The Balaban J connectivity index is 0.000000191. The first kappa shape index (κ1) is 29.6. The van der Waals surface area contributed by atoms with Crippen LogP contribution in [-0.4, -0.2) is 24.0 Å². The molecule has 0 aromatic heterocycles. The van der Waals surface area contributed by atoms with E-state index < -0.39 is 20.8 Å². The Kier molecular flexibility index (Phi) is 8.53. The summed E-state index contributed by atoms with van der Waals surface area (Å²) in [6.45, 7) is 5.59. The van der Waals surface area contributed by atoms with Crippen LogP contribution in [-0.2, 0) is 25.8 Å². The molecular formula is C34H34O4S3. The highest BCUT2D eigenvalue weighted by Gasteiger charge is 2.67. The molecule has 3 atom stereocenters. The van der Waals surface area contributed by atoms with Crippen molar-refractivity contribution in [3.63, 3.8) is 0 Å². The van der Waals surface area contributed by atoms with Crippen molar-refractivity contribution in [3.8, 4) is 0 Å². The quantitative estimate of drug-likeness (QED) is 0.166. The lowest BCUT2D eigenvalue weighted by Crippen LogP contribution is -2.38. The van der Waals surface area contributed by atoms with Crippen LogP contribution in [0.2, 0.25) is 0 Å². The fourth-order valence-corrected chi connectivity index (χ4v) is 10.9. The number of carbonyl (C=O) groups excluding carboxylic acids is 1. The molecule has 0 heterocycles. The fourth-order valence-electron chi connectivity index (χ4n) is 6.16. The van der Waals surface area contributed by atoms with Crippen molar-refractivity contribution < 1.29 is 17.8 Å². The normalized spacial score (nSPS) is 22.8. The Morgan fingerprint density at radius 2 is 1.24 bits per heavy atom. The number of benzene rings is 4. The Labute approximate surface area is 250 Å². The molecule has 0 N–H and O–H groups in total. The van der Waals surface area contributed by atoms with Crippen molar-refractivity contribution in [1.29, 1.82) is 0 Å². The van der Waals surface area contributed by atoms with Crippen molar-refractivity contribution in [3.05, 3.63) is 115 Å². The Morgan fingerprint density at radius 1 is 0.756 bits per heavy atom. The van der Waals surface area contributed by atoms with Crippen LogP contribution in [0.3, 0.4) is 0 Å². The summed E-state index contributed by atoms with van der Waals surface area (Å²) in [7, 11) is -4.61. The zero-order valence-electron chi connectivity index (χ0n) is 23.4. The smallest absolute Gasteiger partial charge is 0.180 e. The molecule has 2 bridgehead atoms. The van der Waals surface area contributed by atoms with Crippen LogP contribution >= 0.6 is 11.8 Å². The second-order valence-corrected chi connectivity index (χ2v) is 15.9. The molecule has 2 aliphatic rings. The highest BCUT2D eigenvalue weighted by atomic mass is 32.2. The summed E-state index contributed by atoms with van der Waals surface area (Å²) in [6, 6.07) is 41.0. The molecule has 6 rings (SSSR count).